The van der Waals surface area contributed by atoms with E-state index in [0.29, 0.717) is 0 Å². The predicted octanol–water partition coefficient (Wildman–Crippen LogP) is 0.723. The van der Waals surface area contributed by atoms with Gasteiger partial charge in [-0.3, -0.25) is 4.79 Å². The highest BCUT2D eigenvalue weighted by atomic mass is 32.2. The minimum Gasteiger partial charge on any atom is -0.545 e. The molecule has 9 heteroatoms. The van der Waals surface area contributed by atoms with Crippen LogP contribution in [0.1, 0.15) is 20.7 Å². The number of ether oxygens (including phenoxy) is 2. The Hall–Kier alpha value is -3.07. The van der Waals surface area contributed by atoms with Crippen molar-refractivity contribution in [2.24, 2.45) is 0 Å². The van der Waals surface area contributed by atoms with Crippen LogP contribution >= 0.6 is 0 Å². The first-order chi connectivity index (χ1) is 12.2. The molecule has 1 N–H and O–H groups in total. The third-order valence-corrected chi connectivity index (χ3v) is 4.68. The number of carboxylic acids is 1. The summed E-state index contributed by atoms with van der Waals surface area (Å²) in [6.07, 6.45) is 0.974. The van der Waals surface area contributed by atoms with Gasteiger partial charge < -0.3 is 24.7 Å². The first kappa shape index (κ1) is 19.3. The Kier molecular flexibility index (Phi) is 5.51. The Morgan fingerprint density at radius 1 is 1.00 bits per heavy atom. The first-order valence-electron chi connectivity index (χ1n) is 7.26. The maximum Gasteiger partial charge on any atom is 0.257 e. The van der Waals surface area contributed by atoms with Gasteiger partial charge in [-0.15, -0.1) is 0 Å². The molecule has 2 aromatic rings. The van der Waals surface area contributed by atoms with Crippen molar-refractivity contribution < 1.29 is 32.6 Å². The lowest BCUT2D eigenvalue weighted by Crippen LogP contribution is -2.25. The molecule has 8 nitrogen and oxygen atoms in total. The molecule has 0 saturated heterocycles. The minimum atomic E-state index is -3.65. The smallest absolute Gasteiger partial charge is 0.257 e. The van der Waals surface area contributed by atoms with Gasteiger partial charge in [0.1, 0.15) is 0 Å². The molecule has 2 aromatic carbocycles. The van der Waals surface area contributed by atoms with Crippen molar-refractivity contribution in [2.45, 2.75) is 4.90 Å². The molecule has 0 bridgehead atoms. The number of sulfone groups is 1. The normalized spacial score (nSPS) is 10.9. The molecule has 26 heavy (non-hydrogen) atoms. The summed E-state index contributed by atoms with van der Waals surface area (Å²) in [6, 6.07) is 7.99. The van der Waals surface area contributed by atoms with Gasteiger partial charge in [0, 0.05) is 17.9 Å². The Labute approximate surface area is 150 Å². The molecule has 0 heterocycles. The Balaban J connectivity index is 2.52. The van der Waals surface area contributed by atoms with Crippen LogP contribution in [0.2, 0.25) is 0 Å². The topological polar surface area (TPSA) is 122 Å². The summed E-state index contributed by atoms with van der Waals surface area (Å²) in [6.45, 7) is 0. The van der Waals surface area contributed by atoms with E-state index in [4.69, 9.17) is 9.47 Å². The fourth-order valence-corrected chi connectivity index (χ4v) is 3.20. The number of carboxylic acid groups (broad SMARTS) is 1. The third kappa shape index (κ3) is 3.94. The zero-order chi connectivity index (χ0) is 19.5. The average Bonchev–Trinajstić information content (AvgIpc) is 2.60. The van der Waals surface area contributed by atoms with E-state index < -0.39 is 21.7 Å². The minimum absolute atomic E-state index is 0.115. The van der Waals surface area contributed by atoms with E-state index in [9.17, 15) is 23.1 Å². The Bertz CT molecular complexity index is 967. The number of aromatic carboxylic acids is 1. The molecule has 0 aliphatic rings. The van der Waals surface area contributed by atoms with Gasteiger partial charge in [0.05, 0.1) is 36.3 Å². The van der Waals surface area contributed by atoms with Crippen molar-refractivity contribution in [3.8, 4) is 11.5 Å². The largest absolute Gasteiger partial charge is 0.545 e. The zero-order valence-electron chi connectivity index (χ0n) is 14.2. The van der Waals surface area contributed by atoms with Gasteiger partial charge in [-0.1, -0.05) is 12.1 Å². The summed E-state index contributed by atoms with van der Waals surface area (Å²) >= 11 is 0. The average molecular weight is 378 g/mol. The van der Waals surface area contributed by atoms with Crippen molar-refractivity contribution in [3.05, 3.63) is 47.5 Å². The highest BCUT2D eigenvalue weighted by Crippen LogP contribution is 2.33. The van der Waals surface area contributed by atoms with Gasteiger partial charge >= 0.3 is 0 Å². The number of carbonyl (C=O) groups is 2. The van der Waals surface area contributed by atoms with Gasteiger partial charge in [-0.2, -0.15) is 0 Å². The lowest BCUT2D eigenvalue weighted by molar-refractivity contribution is -0.254. The molecular formula is C17H16NO7S-. The van der Waals surface area contributed by atoms with Crippen LogP contribution < -0.4 is 19.9 Å². The van der Waals surface area contributed by atoms with E-state index in [-0.39, 0.29) is 33.2 Å². The molecule has 0 unspecified atom stereocenters. The van der Waals surface area contributed by atoms with Gasteiger partial charge in [0.15, 0.2) is 21.3 Å². The Morgan fingerprint density at radius 3 is 2.12 bits per heavy atom. The fraction of sp³-hybridized carbons (Fsp3) is 0.176. The molecule has 2 rings (SSSR count). The molecule has 0 radical (unpaired) electrons. The van der Waals surface area contributed by atoms with Gasteiger partial charge in [-0.25, -0.2) is 8.42 Å². The summed E-state index contributed by atoms with van der Waals surface area (Å²) in [5.74, 6) is -2.01. The maximum atomic E-state index is 12.5. The number of nitrogens with one attached hydrogen (secondary N) is 1. The van der Waals surface area contributed by atoms with Crippen LogP contribution in [0.4, 0.5) is 5.69 Å². The van der Waals surface area contributed by atoms with Crippen LogP contribution in [0, 0.1) is 0 Å². The summed E-state index contributed by atoms with van der Waals surface area (Å²) in [5, 5.41) is 13.8. The first-order valence-corrected chi connectivity index (χ1v) is 9.16. The summed E-state index contributed by atoms with van der Waals surface area (Å²) in [4.78, 5) is 23.8. The molecule has 1 amide bonds. The van der Waals surface area contributed by atoms with Crippen LogP contribution in [0.5, 0.6) is 11.5 Å². The number of hydrogen-bond donors (Lipinski definition) is 1. The van der Waals surface area contributed by atoms with Gasteiger partial charge in [0.25, 0.3) is 5.91 Å². The van der Waals surface area contributed by atoms with E-state index in [1.54, 1.807) is 0 Å². The van der Waals surface area contributed by atoms with Crippen LogP contribution in [0.25, 0.3) is 0 Å². The van der Waals surface area contributed by atoms with Crippen molar-refractivity contribution in [3.63, 3.8) is 0 Å². The number of anilines is 1. The summed E-state index contributed by atoms with van der Waals surface area (Å²) < 4.78 is 33.8. The van der Waals surface area contributed by atoms with E-state index in [2.05, 4.69) is 5.32 Å². The molecule has 0 aliphatic carbocycles. The number of rotatable bonds is 6. The number of benzene rings is 2. The number of amides is 1. The Morgan fingerprint density at radius 2 is 1.58 bits per heavy atom. The van der Waals surface area contributed by atoms with E-state index in [1.807, 2.05) is 0 Å². The van der Waals surface area contributed by atoms with Crippen molar-refractivity contribution in [1.29, 1.82) is 0 Å². The number of hydrogen-bond acceptors (Lipinski definition) is 7. The lowest BCUT2D eigenvalue weighted by Gasteiger charge is -2.17. The highest BCUT2D eigenvalue weighted by molar-refractivity contribution is 7.90. The predicted molar refractivity (Wildman–Crippen MR) is 91.4 cm³/mol. The monoisotopic (exact) mass is 378 g/mol. The fourth-order valence-electron chi connectivity index (χ4n) is 2.32. The molecule has 0 aromatic heterocycles. The quantitative estimate of drug-likeness (QED) is 0.786. The molecule has 0 spiro atoms. The maximum absolute atomic E-state index is 12.5. The van der Waals surface area contributed by atoms with Crippen LogP contribution in [-0.4, -0.2) is 40.8 Å². The van der Waals surface area contributed by atoms with Crippen LogP contribution in [0.3, 0.4) is 0 Å². The second-order valence-electron chi connectivity index (χ2n) is 5.26. The number of carbonyl (C=O) groups excluding carboxylic acids is 2. The van der Waals surface area contributed by atoms with E-state index >= 15 is 0 Å². The standard InChI is InChI=1S/C17H17NO7S/c1-24-13-8-11(17(20)21)12(9-14(13)25-2)18-16(19)10-6-4-5-7-15(10)26(3,22)23/h4-9H,1-3H3,(H,18,19)(H,20,21)/p-1. The van der Waals surface area contributed by atoms with Crippen LogP contribution in [0.15, 0.2) is 41.3 Å². The zero-order valence-corrected chi connectivity index (χ0v) is 15.0. The SMILES string of the molecule is COc1cc(NC(=O)c2ccccc2S(C)(=O)=O)c(C(=O)[O-])cc1OC. The van der Waals surface area contributed by atoms with Gasteiger partial charge in [-0.05, 0) is 18.2 Å². The molecule has 0 saturated carbocycles. The lowest BCUT2D eigenvalue weighted by atomic mass is 10.1. The second-order valence-corrected chi connectivity index (χ2v) is 7.25. The molecule has 0 fully saturated rings. The molecule has 0 aliphatic heterocycles. The van der Waals surface area contributed by atoms with E-state index in [1.165, 1.54) is 44.6 Å². The summed E-state index contributed by atoms with van der Waals surface area (Å²) in [5.41, 5.74) is -0.571. The van der Waals surface area contributed by atoms with Crippen molar-refractivity contribution in [2.75, 3.05) is 25.8 Å². The molecular weight excluding hydrogens is 362 g/mol. The van der Waals surface area contributed by atoms with Gasteiger partial charge in [0.2, 0.25) is 0 Å². The third-order valence-electron chi connectivity index (χ3n) is 3.52. The van der Waals surface area contributed by atoms with E-state index in [0.717, 1.165) is 12.3 Å². The highest BCUT2D eigenvalue weighted by Gasteiger charge is 2.20. The number of methoxy groups -OCH3 is 2. The molecule has 138 valence electrons. The molecule has 0 atom stereocenters. The summed E-state index contributed by atoms with van der Waals surface area (Å²) in [7, 11) is -0.976. The second kappa shape index (κ2) is 7.44. The van der Waals surface area contributed by atoms with Crippen molar-refractivity contribution >= 4 is 27.4 Å². The van der Waals surface area contributed by atoms with Crippen molar-refractivity contribution in [1.82, 2.24) is 0 Å². The van der Waals surface area contributed by atoms with Crippen LogP contribution in [-0.2, 0) is 9.84 Å².